The lowest BCUT2D eigenvalue weighted by molar-refractivity contribution is -0.119. The number of hydrogen-bond acceptors (Lipinski definition) is 7. The second-order valence-electron chi connectivity index (χ2n) is 9.82. The smallest absolute Gasteiger partial charge is 0.228 e. The fraction of sp³-hybridized carbons (Fsp3) is 0.333. The van der Waals surface area contributed by atoms with E-state index in [0.717, 1.165) is 65.6 Å². The number of nitrogens with zero attached hydrogens (tertiary/aromatic N) is 3. The average molecular weight is 511 g/mol. The third-order valence-electron chi connectivity index (χ3n) is 7.06. The molecule has 1 saturated heterocycles. The van der Waals surface area contributed by atoms with E-state index in [4.69, 9.17) is 9.72 Å². The molecule has 1 aliphatic rings. The molecule has 2 unspecified atom stereocenters. The molecule has 1 aliphatic heterocycles. The first-order chi connectivity index (χ1) is 18.5. The van der Waals surface area contributed by atoms with Crippen molar-refractivity contribution in [2.75, 3.05) is 23.7 Å². The number of rotatable bonds is 8. The van der Waals surface area contributed by atoms with Gasteiger partial charge in [-0.3, -0.25) is 4.79 Å². The predicted octanol–water partition coefficient (Wildman–Crippen LogP) is 5.94. The van der Waals surface area contributed by atoms with Gasteiger partial charge in [0.25, 0.3) is 0 Å². The maximum absolute atomic E-state index is 12.6. The van der Waals surface area contributed by atoms with Crippen molar-refractivity contribution in [1.29, 1.82) is 0 Å². The summed E-state index contributed by atoms with van der Waals surface area (Å²) in [5, 5.41) is 11.8. The van der Waals surface area contributed by atoms with Crippen LogP contribution in [0.5, 0.6) is 11.6 Å². The van der Waals surface area contributed by atoms with E-state index < -0.39 is 0 Å². The van der Waals surface area contributed by atoms with Gasteiger partial charge in [-0.25, -0.2) is 15.0 Å². The highest BCUT2D eigenvalue weighted by Gasteiger charge is 2.18. The minimum Gasteiger partial charge on any atom is -0.437 e. The Hall–Kier alpha value is -4.04. The molecule has 5 rings (SSSR count). The SMILES string of the molecule is CCC(C)C(=O)Nc1cccc2c(Oc3ncccc3-c3ccnc(NC4CCCNC4)n3)c(C)ccc12. The highest BCUT2D eigenvalue weighted by molar-refractivity contribution is 6.05. The molecule has 3 heterocycles. The molecule has 2 atom stereocenters. The quantitative estimate of drug-likeness (QED) is 0.270. The van der Waals surface area contributed by atoms with E-state index >= 15 is 0 Å². The van der Waals surface area contributed by atoms with Crippen LogP contribution in [-0.2, 0) is 4.79 Å². The van der Waals surface area contributed by atoms with Gasteiger partial charge in [-0.2, -0.15) is 0 Å². The van der Waals surface area contributed by atoms with Crippen LogP contribution in [0.25, 0.3) is 22.0 Å². The number of pyridine rings is 1. The molecule has 0 bridgehead atoms. The van der Waals surface area contributed by atoms with E-state index in [0.29, 0.717) is 23.6 Å². The van der Waals surface area contributed by atoms with Crippen LogP contribution in [0.4, 0.5) is 11.6 Å². The number of ether oxygens (including phenoxy) is 1. The summed E-state index contributed by atoms with van der Waals surface area (Å²) in [6.45, 7) is 7.90. The summed E-state index contributed by atoms with van der Waals surface area (Å²) >= 11 is 0. The highest BCUT2D eigenvalue weighted by Crippen LogP contribution is 2.38. The minimum atomic E-state index is -0.0656. The second-order valence-corrected chi connectivity index (χ2v) is 9.82. The summed E-state index contributed by atoms with van der Waals surface area (Å²) in [5.74, 6) is 1.69. The zero-order valence-corrected chi connectivity index (χ0v) is 22.1. The summed E-state index contributed by atoms with van der Waals surface area (Å²) in [6.07, 6.45) is 6.47. The molecular formula is C30H34N6O2. The fourth-order valence-electron chi connectivity index (χ4n) is 4.62. The molecule has 8 nitrogen and oxygen atoms in total. The van der Waals surface area contributed by atoms with Gasteiger partial charge in [0.05, 0.1) is 11.3 Å². The predicted molar refractivity (Wildman–Crippen MR) is 152 cm³/mol. The maximum Gasteiger partial charge on any atom is 0.228 e. The van der Waals surface area contributed by atoms with Crippen LogP contribution in [0.15, 0.2) is 60.9 Å². The second kappa shape index (κ2) is 11.6. The largest absolute Gasteiger partial charge is 0.437 e. The molecule has 0 radical (unpaired) electrons. The van der Waals surface area contributed by atoms with E-state index in [9.17, 15) is 4.79 Å². The zero-order chi connectivity index (χ0) is 26.5. The molecule has 2 aromatic carbocycles. The van der Waals surface area contributed by atoms with E-state index in [1.54, 1.807) is 12.4 Å². The first kappa shape index (κ1) is 25.6. The number of carbonyl (C=O) groups excluding carboxylic acids is 1. The number of piperidine rings is 1. The van der Waals surface area contributed by atoms with Crippen LogP contribution in [0.3, 0.4) is 0 Å². The molecule has 0 aliphatic carbocycles. The van der Waals surface area contributed by atoms with Gasteiger partial charge in [0.2, 0.25) is 17.7 Å². The van der Waals surface area contributed by atoms with Crippen LogP contribution in [0.1, 0.15) is 38.7 Å². The third-order valence-corrected chi connectivity index (χ3v) is 7.06. The molecular weight excluding hydrogens is 476 g/mol. The standard InChI is InChI=1S/C30H34N6O2/c1-4-19(2)28(37)35-25-11-5-9-23-22(25)13-12-20(3)27(23)38-29-24(10-7-16-32-29)26-14-17-33-30(36-26)34-21-8-6-15-31-18-21/h5,7,9-14,16-17,19,21,31H,4,6,8,15,18H2,1-3H3,(H,35,37)(H,33,34,36). The van der Waals surface area contributed by atoms with Crippen LogP contribution in [0, 0.1) is 12.8 Å². The van der Waals surface area contributed by atoms with Gasteiger partial charge in [0.1, 0.15) is 5.75 Å². The number of hydrogen-bond donors (Lipinski definition) is 3. The Morgan fingerprint density at radius 2 is 2.00 bits per heavy atom. The lowest BCUT2D eigenvalue weighted by Crippen LogP contribution is -2.38. The number of amides is 1. The third kappa shape index (κ3) is 5.60. The summed E-state index contributed by atoms with van der Waals surface area (Å²) in [6, 6.07) is 15.9. The molecule has 8 heteroatoms. The van der Waals surface area contributed by atoms with Crippen LogP contribution < -0.4 is 20.7 Å². The van der Waals surface area contributed by atoms with E-state index in [1.807, 2.05) is 69.3 Å². The van der Waals surface area contributed by atoms with Crippen molar-refractivity contribution in [3.63, 3.8) is 0 Å². The molecule has 0 saturated carbocycles. The number of nitrogens with one attached hydrogen (secondary N) is 3. The number of fused-ring (bicyclic) bond motifs is 1. The van der Waals surface area contributed by atoms with E-state index in [-0.39, 0.29) is 11.8 Å². The van der Waals surface area contributed by atoms with Crippen LogP contribution >= 0.6 is 0 Å². The van der Waals surface area contributed by atoms with Gasteiger partial charge in [0.15, 0.2) is 0 Å². The van der Waals surface area contributed by atoms with Gasteiger partial charge >= 0.3 is 0 Å². The molecule has 3 N–H and O–H groups in total. The minimum absolute atomic E-state index is 0.00670. The summed E-state index contributed by atoms with van der Waals surface area (Å²) in [7, 11) is 0. The van der Waals surface area contributed by atoms with Crippen molar-refractivity contribution in [2.45, 2.75) is 46.1 Å². The van der Waals surface area contributed by atoms with Crippen molar-refractivity contribution < 1.29 is 9.53 Å². The fourth-order valence-corrected chi connectivity index (χ4v) is 4.62. The Kier molecular flexibility index (Phi) is 7.79. The number of anilines is 2. The first-order valence-corrected chi connectivity index (χ1v) is 13.3. The molecule has 38 heavy (non-hydrogen) atoms. The lowest BCUT2D eigenvalue weighted by Gasteiger charge is -2.23. The Morgan fingerprint density at radius 1 is 1.11 bits per heavy atom. The van der Waals surface area contributed by atoms with E-state index in [1.165, 1.54) is 0 Å². The Labute approximate surface area is 223 Å². The van der Waals surface area contributed by atoms with E-state index in [2.05, 4.69) is 25.9 Å². The lowest BCUT2D eigenvalue weighted by atomic mass is 10.0. The van der Waals surface area contributed by atoms with Gasteiger partial charge in [-0.1, -0.05) is 38.1 Å². The molecule has 1 amide bonds. The number of carbonyl (C=O) groups is 1. The highest BCUT2D eigenvalue weighted by atomic mass is 16.5. The summed E-state index contributed by atoms with van der Waals surface area (Å²) in [5.41, 5.74) is 3.24. The van der Waals surface area contributed by atoms with Crippen molar-refractivity contribution in [1.82, 2.24) is 20.3 Å². The Balaban J connectivity index is 1.47. The first-order valence-electron chi connectivity index (χ1n) is 13.3. The number of benzene rings is 2. The van der Waals surface area contributed by atoms with Crippen molar-refractivity contribution in [3.05, 3.63) is 66.5 Å². The Morgan fingerprint density at radius 3 is 2.82 bits per heavy atom. The zero-order valence-electron chi connectivity index (χ0n) is 22.1. The van der Waals surface area contributed by atoms with Gasteiger partial charge in [0, 0.05) is 47.4 Å². The monoisotopic (exact) mass is 510 g/mol. The maximum atomic E-state index is 12.6. The van der Waals surface area contributed by atoms with Crippen LogP contribution in [0.2, 0.25) is 0 Å². The molecule has 1 fully saturated rings. The molecule has 0 spiro atoms. The summed E-state index contributed by atoms with van der Waals surface area (Å²) in [4.78, 5) is 26.4. The summed E-state index contributed by atoms with van der Waals surface area (Å²) < 4.78 is 6.51. The number of aryl methyl sites for hydroxylation is 1. The molecule has 2 aromatic heterocycles. The molecule has 196 valence electrons. The molecule has 4 aromatic rings. The van der Waals surface area contributed by atoms with Crippen LogP contribution in [-0.4, -0.2) is 40.0 Å². The Bertz CT molecular complexity index is 1430. The van der Waals surface area contributed by atoms with Crippen molar-refractivity contribution in [3.8, 4) is 22.9 Å². The van der Waals surface area contributed by atoms with Crippen molar-refractivity contribution >= 4 is 28.3 Å². The van der Waals surface area contributed by atoms with Gasteiger partial charge < -0.3 is 20.7 Å². The van der Waals surface area contributed by atoms with Crippen molar-refractivity contribution in [2.24, 2.45) is 5.92 Å². The normalized spacial score (nSPS) is 16.1. The van der Waals surface area contributed by atoms with Gasteiger partial charge in [-0.05, 0) is 62.6 Å². The average Bonchev–Trinajstić information content (AvgIpc) is 2.95. The topological polar surface area (TPSA) is 101 Å². The number of aromatic nitrogens is 3. The van der Waals surface area contributed by atoms with Gasteiger partial charge in [-0.15, -0.1) is 0 Å².